The van der Waals surface area contributed by atoms with Crippen molar-refractivity contribution in [2.45, 2.75) is 6.18 Å². The number of benzene rings is 1. The Morgan fingerprint density at radius 3 is 2.52 bits per heavy atom. The predicted octanol–water partition coefficient (Wildman–Crippen LogP) is 4.03. The Labute approximate surface area is 122 Å². The van der Waals surface area contributed by atoms with Crippen LogP contribution < -0.4 is 0 Å². The molecule has 2 aromatic rings. The van der Waals surface area contributed by atoms with Crippen LogP contribution >= 0.6 is 11.3 Å². The van der Waals surface area contributed by atoms with Gasteiger partial charge in [-0.25, -0.2) is 4.79 Å². The molecular formula is C14H9F3O3S. The van der Waals surface area contributed by atoms with Crippen molar-refractivity contribution in [1.82, 2.24) is 0 Å². The number of halogens is 3. The quantitative estimate of drug-likeness (QED) is 0.634. The van der Waals surface area contributed by atoms with Crippen LogP contribution in [0.4, 0.5) is 13.2 Å². The molecule has 1 aromatic carbocycles. The molecule has 0 bridgehead atoms. The molecule has 21 heavy (non-hydrogen) atoms. The van der Waals surface area contributed by atoms with Gasteiger partial charge in [-0.1, -0.05) is 12.1 Å². The van der Waals surface area contributed by atoms with Gasteiger partial charge in [0.25, 0.3) is 0 Å². The summed E-state index contributed by atoms with van der Waals surface area (Å²) in [6.07, 6.45) is -4.24. The summed E-state index contributed by atoms with van der Waals surface area (Å²) in [5.74, 6) is -0.607. The van der Waals surface area contributed by atoms with Crippen LogP contribution in [0, 0.1) is 0 Å². The maximum absolute atomic E-state index is 13.1. The van der Waals surface area contributed by atoms with E-state index in [-0.39, 0.29) is 20.9 Å². The summed E-state index contributed by atoms with van der Waals surface area (Å²) in [5.41, 5.74) is -1.05. The molecule has 110 valence electrons. The second-order valence-electron chi connectivity index (χ2n) is 4.08. The first-order valence-corrected chi connectivity index (χ1v) is 6.53. The first kappa shape index (κ1) is 15.2. The third-order valence-electron chi connectivity index (χ3n) is 2.74. The average Bonchev–Trinajstić information content (AvgIpc) is 2.94. The number of aldehydes is 1. The molecule has 7 heteroatoms. The van der Waals surface area contributed by atoms with Crippen molar-refractivity contribution in [3.05, 3.63) is 46.3 Å². The zero-order chi connectivity index (χ0) is 15.6. The van der Waals surface area contributed by atoms with E-state index >= 15 is 0 Å². The standard InChI is InChI=1S/C14H9F3O3S/c1-20-13(19)12-5-4-11(21-12)9-3-2-8(7-18)6-10(9)14(15,16)17/h2-7H,1H3. The lowest BCUT2D eigenvalue weighted by atomic mass is 10.0. The lowest BCUT2D eigenvalue weighted by Gasteiger charge is -2.12. The van der Waals surface area contributed by atoms with Crippen molar-refractivity contribution in [3.8, 4) is 10.4 Å². The lowest BCUT2D eigenvalue weighted by molar-refractivity contribution is -0.137. The molecule has 0 radical (unpaired) electrons. The largest absolute Gasteiger partial charge is 0.465 e. The second-order valence-corrected chi connectivity index (χ2v) is 5.16. The molecule has 0 N–H and O–H groups in total. The number of esters is 1. The number of methoxy groups -OCH3 is 1. The van der Waals surface area contributed by atoms with Crippen molar-refractivity contribution in [3.63, 3.8) is 0 Å². The lowest BCUT2D eigenvalue weighted by Crippen LogP contribution is -2.07. The van der Waals surface area contributed by atoms with E-state index in [1.54, 1.807) is 0 Å². The molecule has 2 rings (SSSR count). The fourth-order valence-corrected chi connectivity index (χ4v) is 2.74. The van der Waals surface area contributed by atoms with Crippen molar-refractivity contribution in [1.29, 1.82) is 0 Å². The summed E-state index contributed by atoms with van der Waals surface area (Å²) < 4.78 is 43.8. The molecule has 0 saturated carbocycles. The molecule has 0 saturated heterocycles. The van der Waals surface area contributed by atoms with Crippen LogP contribution in [0.25, 0.3) is 10.4 Å². The van der Waals surface area contributed by atoms with E-state index in [2.05, 4.69) is 4.74 Å². The zero-order valence-electron chi connectivity index (χ0n) is 10.7. The van der Waals surface area contributed by atoms with Gasteiger partial charge in [-0.15, -0.1) is 11.3 Å². The average molecular weight is 314 g/mol. The predicted molar refractivity (Wildman–Crippen MR) is 71.5 cm³/mol. The van der Waals surface area contributed by atoms with E-state index in [9.17, 15) is 22.8 Å². The molecule has 1 heterocycles. The fraction of sp³-hybridized carbons (Fsp3) is 0.143. The van der Waals surface area contributed by atoms with Crippen LogP contribution in [0.1, 0.15) is 25.6 Å². The summed E-state index contributed by atoms with van der Waals surface area (Å²) in [6.45, 7) is 0. The molecule has 0 aliphatic heterocycles. The first-order chi connectivity index (χ1) is 9.86. The molecule has 0 fully saturated rings. The molecule has 0 amide bonds. The number of ether oxygens (including phenoxy) is 1. The van der Waals surface area contributed by atoms with Gasteiger partial charge >= 0.3 is 12.1 Å². The van der Waals surface area contributed by atoms with Crippen LogP contribution in [0.5, 0.6) is 0 Å². The highest BCUT2D eigenvalue weighted by atomic mass is 32.1. The Morgan fingerprint density at radius 2 is 1.95 bits per heavy atom. The molecule has 0 spiro atoms. The van der Waals surface area contributed by atoms with E-state index in [1.165, 1.54) is 31.4 Å². The molecule has 0 aliphatic rings. The van der Waals surface area contributed by atoms with Crippen molar-refractivity contribution < 1.29 is 27.5 Å². The van der Waals surface area contributed by atoms with Gasteiger partial charge in [0.05, 0.1) is 12.7 Å². The van der Waals surface area contributed by atoms with E-state index in [0.717, 1.165) is 17.4 Å². The minimum atomic E-state index is -4.59. The summed E-state index contributed by atoms with van der Waals surface area (Å²) in [7, 11) is 1.20. The van der Waals surface area contributed by atoms with Crippen LogP contribution in [-0.2, 0) is 10.9 Å². The van der Waals surface area contributed by atoms with Crippen LogP contribution in [-0.4, -0.2) is 19.4 Å². The maximum Gasteiger partial charge on any atom is 0.417 e. The third-order valence-corrected chi connectivity index (χ3v) is 3.84. The third kappa shape index (κ3) is 3.13. The van der Waals surface area contributed by atoms with Gasteiger partial charge in [0.2, 0.25) is 0 Å². The highest BCUT2D eigenvalue weighted by Crippen LogP contribution is 2.40. The Morgan fingerprint density at radius 1 is 1.24 bits per heavy atom. The number of rotatable bonds is 3. The number of alkyl halides is 3. The number of hydrogen-bond acceptors (Lipinski definition) is 4. The van der Waals surface area contributed by atoms with Gasteiger partial charge in [-0.3, -0.25) is 4.79 Å². The SMILES string of the molecule is COC(=O)c1ccc(-c2ccc(C=O)cc2C(F)(F)F)s1. The van der Waals surface area contributed by atoms with E-state index in [1.807, 2.05) is 0 Å². The molecular weight excluding hydrogens is 305 g/mol. The Bertz CT molecular complexity index is 689. The van der Waals surface area contributed by atoms with Crippen molar-refractivity contribution in [2.24, 2.45) is 0 Å². The normalized spacial score (nSPS) is 11.2. The van der Waals surface area contributed by atoms with Crippen LogP contribution in [0.2, 0.25) is 0 Å². The smallest absolute Gasteiger partial charge is 0.417 e. The molecule has 0 atom stereocenters. The van der Waals surface area contributed by atoms with Crippen LogP contribution in [0.3, 0.4) is 0 Å². The Balaban J connectivity index is 2.55. The molecule has 0 unspecified atom stereocenters. The zero-order valence-corrected chi connectivity index (χ0v) is 11.5. The number of hydrogen-bond donors (Lipinski definition) is 0. The fourth-order valence-electron chi connectivity index (χ4n) is 1.78. The van der Waals surface area contributed by atoms with Gasteiger partial charge < -0.3 is 4.74 Å². The minimum absolute atomic E-state index is 0.0594. The van der Waals surface area contributed by atoms with Crippen LogP contribution in [0.15, 0.2) is 30.3 Å². The van der Waals surface area contributed by atoms with Gasteiger partial charge in [-0.2, -0.15) is 13.2 Å². The topological polar surface area (TPSA) is 43.4 Å². The number of carbonyl (C=O) groups excluding carboxylic acids is 2. The van der Waals surface area contributed by atoms with E-state index < -0.39 is 17.7 Å². The monoisotopic (exact) mass is 314 g/mol. The summed E-state index contributed by atoms with van der Waals surface area (Å²) in [4.78, 5) is 22.5. The van der Waals surface area contributed by atoms with Gasteiger partial charge in [0.1, 0.15) is 11.2 Å². The highest BCUT2D eigenvalue weighted by molar-refractivity contribution is 7.17. The van der Waals surface area contributed by atoms with Gasteiger partial charge in [0, 0.05) is 16.0 Å². The Kier molecular flexibility index (Phi) is 4.13. The molecule has 1 aromatic heterocycles. The molecule has 3 nitrogen and oxygen atoms in total. The first-order valence-electron chi connectivity index (χ1n) is 5.71. The Hall–Kier alpha value is -2.15. The molecule has 0 aliphatic carbocycles. The van der Waals surface area contributed by atoms with Gasteiger partial charge in [0.15, 0.2) is 0 Å². The summed E-state index contributed by atoms with van der Waals surface area (Å²) in [5, 5.41) is 0. The van der Waals surface area contributed by atoms with Crippen molar-refractivity contribution in [2.75, 3.05) is 7.11 Å². The van der Waals surface area contributed by atoms with E-state index in [4.69, 9.17) is 0 Å². The second kappa shape index (κ2) is 5.69. The van der Waals surface area contributed by atoms with Gasteiger partial charge in [-0.05, 0) is 18.2 Å². The summed E-state index contributed by atoms with van der Waals surface area (Å²) in [6, 6.07) is 6.14. The van der Waals surface area contributed by atoms with Crippen molar-refractivity contribution >= 4 is 23.6 Å². The minimum Gasteiger partial charge on any atom is -0.465 e. The summed E-state index contributed by atoms with van der Waals surface area (Å²) >= 11 is 0.900. The maximum atomic E-state index is 13.1. The highest BCUT2D eigenvalue weighted by Gasteiger charge is 2.34. The van der Waals surface area contributed by atoms with E-state index in [0.29, 0.717) is 6.29 Å². The number of thiophene rings is 1. The number of carbonyl (C=O) groups is 2.